The molecule has 7 rings (SSSR count). The predicted molar refractivity (Wildman–Crippen MR) is 224 cm³/mol. The van der Waals surface area contributed by atoms with Gasteiger partial charge in [0, 0.05) is 51.6 Å². The molecule has 0 bridgehead atoms. The highest BCUT2D eigenvalue weighted by molar-refractivity contribution is 6.01. The minimum Gasteiger partial charge on any atom is -0.494 e. The van der Waals surface area contributed by atoms with E-state index in [4.69, 9.17) is 18.9 Å². The quantitative estimate of drug-likeness (QED) is 0.160. The molecule has 13 nitrogen and oxygen atoms in total. The van der Waals surface area contributed by atoms with E-state index in [1.165, 1.54) is 0 Å². The Bertz CT molecular complexity index is 1980. The number of hydrogen-bond donors (Lipinski definition) is 1. The lowest BCUT2D eigenvalue weighted by Gasteiger charge is -2.41. The second kappa shape index (κ2) is 18.4. The molecular formula is C46H58N4O9. The van der Waals surface area contributed by atoms with Gasteiger partial charge in [-0.3, -0.25) is 19.3 Å². The molecule has 0 radical (unpaired) electrons. The first-order valence-corrected chi connectivity index (χ1v) is 21.1. The summed E-state index contributed by atoms with van der Waals surface area (Å²) in [7, 11) is 1.64. The number of carboxylic acids is 1. The topological polar surface area (TPSA) is 138 Å². The third kappa shape index (κ3) is 10.2. The Morgan fingerprint density at radius 2 is 1.68 bits per heavy atom. The Balaban J connectivity index is 1.11. The molecule has 3 heterocycles. The Kier molecular flexibility index (Phi) is 13.1. The van der Waals surface area contributed by atoms with E-state index >= 15 is 4.79 Å². The molecule has 0 spiro atoms. The van der Waals surface area contributed by atoms with Crippen LogP contribution in [0.4, 0.5) is 16.2 Å². The zero-order chi connectivity index (χ0) is 41.7. The standard InChI is InChI=1S/C46H58N4O9/c1-46(2,3)59-45(55)48-24-20-37(33-10-5-9-32(27-33)31-12-17-36(18-13-31)57-26-7-22-47-21-6-11-39(47)44(53)54)38(29-48)43(52)50(34-14-15-34)35-16-19-41-40(28-35)49(23-8-25-56-4)42(51)30-58-41/h5,9-10,12-13,16-19,27-28,34,37-39H,6-8,11,14-15,20-26,29-30H2,1-4H3,(H,53,54)/t37-,38+,39?/m1/s1. The molecule has 1 unspecified atom stereocenters. The van der Waals surface area contributed by atoms with Crippen LogP contribution in [0.3, 0.4) is 0 Å². The molecule has 1 saturated carbocycles. The van der Waals surface area contributed by atoms with Crippen LogP contribution in [-0.2, 0) is 23.9 Å². The van der Waals surface area contributed by atoms with Crippen LogP contribution in [-0.4, -0.2) is 116 Å². The molecular weight excluding hydrogens is 753 g/mol. The number of carboxylic acid groups (broad SMARTS) is 1. The van der Waals surface area contributed by atoms with Crippen LogP contribution in [0.5, 0.6) is 11.5 Å². The summed E-state index contributed by atoms with van der Waals surface area (Å²) >= 11 is 0. The van der Waals surface area contributed by atoms with E-state index < -0.39 is 29.6 Å². The van der Waals surface area contributed by atoms with E-state index in [1.807, 2.05) is 79.1 Å². The molecule has 3 aliphatic heterocycles. The van der Waals surface area contributed by atoms with E-state index in [0.717, 1.165) is 54.7 Å². The highest BCUT2D eigenvalue weighted by atomic mass is 16.6. The highest BCUT2D eigenvalue weighted by Gasteiger charge is 2.44. The van der Waals surface area contributed by atoms with Gasteiger partial charge >= 0.3 is 12.1 Å². The van der Waals surface area contributed by atoms with E-state index in [1.54, 1.807) is 16.9 Å². The van der Waals surface area contributed by atoms with Crippen molar-refractivity contribution in [2.45, 2.75) is 89.3 Å². The summed E-state index contributed by atoms with van der Waals surface area (Å²) in [5, 5.41) is 9.47. The van der Waals surface area contributed by atoms with Crippen LogP contribution in [0.1, 0.15) is 77.2 Å². The van der Waals surface area contributed by atoms with Crippen LogP contribution in [0.15, 0.2) is 66.7 Å². The maximum absolute atomic E-state index is 15.1. The van der Waals surface area contributed by atoms with Gasteiger partial charge in [0.05, 0.1) is 18.2 Å². The number of nitrogens with zero attached hydrogens (tertiary/aromatic N) is 4. The molecule has 3 fully saturated rings. The van der Waals surface area contributed by atoms with Gasteiger partial charge in [0.2, 0.25) is 5.91 Å². The summed E-state index contributed by atoms with van der Waals surface area (Å²) < 4.78 is 22.9. The maximum Gasteiger partial charge on any atom is 0.410 e. The van der Waals surface area contributed by atoms with Crippen LogP contribution >= 0.6 is 0 Å². The van der Waals surface area contributed by atoms with Gasteiger partial charge in [-0.15, -0.1) is 0 Å². The molecule has 59 heavy (non-hydrogen) atoms. The van der Waals surface area contributed by atoms with Crippen molar-refractivity contribution in [3.8, 4) is 22.6 Å². The van der Waals surface area contributed by atoms with Gasteiger partial charge in [-0.1, -0.05) is 36.4 Å². The number of rotatable bonds is 15. The summed E-state index contributed by atoms with van der Waals surface area (Å²) in [6, 6.07) is 21.5. The summed E-state index contributed by atoms with van der Waals surface area (Å²) in [6.45, 7) is 9.14. The van der Waals surface area contributed by atoms with Crippen molar-refractivity contribution in [1.82, 2.24) is 9.80 Å². The van der Waals surface area contributed by atoms with Crippen molar-refractivity contribution in [3.63, 3.8) is 0 Å². The van der Waals surface area contributed by atoms with Gasteiger partial charge in [-0.25, -0.2) is 4.79 Å². The molecule has 2 saturated heterocycles. The first-order valence-electron chi connectivity index (χ1n) is 21.1. The third-order valence-corrected chi connectivity index (χ3v) is 11.6. The minimum absolute atomic E-state index is 0.00852. The number of anilines is 2. The second-order valence-electron chi connectivity index (χ2n) is 17.1. The first-order chi connectivity index (χ1) is 28.4. The fourth-order valence-corrected chi connectivity index (χ4v) is 8.60. The fourth-order valence-electron chi connectivity index (χ4n) is 8.60. The number of carbonyl (C=O) groups excluding carboxylic acids is 3. The van der Waals surface area contributed by atoms with Crippen molar-refractivity contribution >= 4 is 35.3 Å². The van der Waals surface area contributed by atoms with Gasteiger partial charge in [-0.05, 0) is 125 Å². The van der Waals surface area contributed by atoms with Gasteiger partial charge in [-0.2, -0.15) is 0 Å². The van der Waals surface area contributed by atoms with Crippen molar-refractivity contribution in [3.05, 3.63) is 72.3 Å². The Morgan fingerprint density at radius 1 is 0.898 bits per heavy atom. The molecule has 316 valence electrons. The number of methoxy groups -OCH3 is 1. The SMILES string of the molecule is COCCCN1C(=O)COc2ccc(N(C(=O)[C@H]3CN(C(=O)OC(C)(C)C)CC[C@@H]3c3cccc(-c4ccc(OCCCN5CCCC5C(=O)O)cc4)c3)C3CC3)cc21. The van der Waals surface area contributed by atoms with Gasteiger partial charge in [0.25, 0.3) is 5.91 Å². The second-order valence-corrected chi connectivity index (χ2v) is 17.1. The van der Waals surface area contributed by atoms with Crippen LogP contribution < -0.4 is 19.3 Å². The van der Waals surface area contributed by atoms with E-state index in [-0.39, 0.29) is 36.9 Å². The normalized spacial score (nSPS) is 20.8. The number of benzene rings is 3. The van der Waals surface area contributed by atoms with E-state index in [2.05, 4.69) is 18.2 Å². The molecule has 4 aliphatic rings. The van der Waals surface area contributed by atoms with Crippen LogP contribution in [0.25, 0.3) is 11.1 Å². The van der Waals surface area contributed by atoms with E-state index in [9.17, 15) is 19.5 Å². The van der Waals surface area contributed by atoms with Crippen LogP contribution in [0, 0.1) is 5.92 Å². The molecule has 1 N–H and O–H groups in total. The van der Waals surface area contributed by atoms with E-state index in [0.29, 0.717) is 69.2 Å². The highest BCUT2D eigenvalue weighted by Crippen LogP contribution is 2.43. The predicted octanol–water partition coefficient (Wildman–Crippen LogP) is 6.97. The number of aliphatic carboxylic acids is 1. The fraction of sp³-hybridized carbons (Fsp3) is 0.522. The largest absolute Gasteiger partial charge is 0.494 e. The van der Waals surface area contributed by atoms with Gasteiger partial charge in [0.15, 0.2) is 6.61 Å². The number of hydrogen-bond acceptors (Lipinski definition) is 9. The number of piperidine rings is 1. The smallest absolute Gasteiger partial charge is 0.410 e. The van der Waals surface area contributed by atoms with Crippen molar-refractivity contribution in [2.24, 2.45) is 5.92 Å². The zero-order valence-electron chi connectivity index (χ0n) is 34.8. The van der Waals surface area contributed by atoms with Crippen LogP contribution in [0.2, 0.25) is 0 Å². The Morgan fingerprint density at radius 3 is 2.41 bits per heavy atom. The summed E-state index contributed by atoms with van der Waals surface area (Å²) in [5.74, 6) is -0.325. The molecule has 3 aromatic carbocycles. The maximum atomic E-state index is 15.1. The van der Waals surface area contributed by atoms with Crippen molar-refractivity contribution < 1.29 is 43.2 Å². The number of ether oxygens (including phenoxy) is 4. The summed E-state index contributed by atoms with van der Waals surface area (Å²) in [6.07, 6.45) is 4.89. The molecule has 1 aliphatic carbocycles. The van der Waals surface area contributed by atoms with Gasteiger partial charge in [0.1, 0.15) is 23.1 Å². The first kappa shape index (κ1) is 42.0. The lowest BCUT2D eigenvalue weighted by atomic mass is 9.78. The monoisotopic (exact) mass is 810 g/mol. The lowest BCUT2D eigenvalue weighted by Crippen LogP contribution is -2.51. The Hall–Kier alpha value is -5.14. The molecule has 0 aromatic heterocycles. The molecule has 3 atom stereocenters. The van der Waals surface area contributed by atoms with Crippen molar-refractivity contribution in [2.75, 3.05) is 69.5 Å². The number of carbonyl (C=O) groups is 4. The average Bonchev–Trinajstić information content (AvgIpc) is 3.94. The summed E-state index contributed by atoms with van der Waals surface area (Å²) in [5.41, 5.74) is 3.71. The summed E-state index contributed by atoms with van der Waals surface area (Å²) in [4.78, 5) is 60.5. The average molecular weight is 811 g/mol. The number of likely N-dealkylation sites (tertiary alicyclic amines) is 2. The lowest BCUT2D eigenvalue weighted by molar-refractivity contribution is -0.142. The zero-order valence-corrected chi connectivity index (χ0v) is 34.8. The van der Waals surface area contributed by atoms with Gasteiger partial charge < -0.3 is 38.8 Å². The number of amides is 3. The minimum atomic E-state index is -0.751. The number of fused-ring (bicyclic) bond motifs is 1. The molecule has 3 amide bonds. The third-order valence-electron chi connectivity index (χ3n) is 11.6. The Labute approximate surface area is 347 Å². The molecule has 13 heteroatoms. The molecule has 3 aromatic rings. The van der Waals surface area contributed by atoms with Crippen molar-refractivity contribution in [1.29, 1.82) is 0 Å².